The molecule has 0 radical (unpaired) electrons. The molecule has 38 heavy (non-hydrogen) atoms. The van der Waals surface area contributed by atoms with E-state index in [0.717, 1.165) is 8.95 Å². The van der Waals surface area contributed by atoms with Crippen molar-refractivity contribution in [2.45, 2.75) is 52.4 Å². The Morgan fingerprint density at radius 2 is 1.03 bits per heavy atom. The highest BCUT2D eigenvalue weighted by Gasteiger charge is 2.22. The summed E-state index contributed by atoms with van der Waals surface area (Å²) in [7, 11) is 0. The van der Waals surface area contributed by atoms with Crippen molar-refractivity contribution in [1.82, 2.24) is 0 Å². The normalized spacial score (nSPS) is 12.7. The summed E-state index contributed by atoms with van der Waals surface area (Å²) in [6, 6.07) is 32.2. The van der Waals surface area contributed by atoms with Gasteiger partial charge in [0.2, 0.25) is 0 Å². The highest BCUT2D eigenvalue weighted by atomic mass is 79.9. The van der Waals surface area contributed by atoms with Gasteiger partial charge in [0, 0.05) is 8.95 Å². The summed E-state index contributed by atoms with van der Waals surface area (Å²) in [5.41, 5.74) is 7.82. The fraction of sp³-hybridized carbons (Fsp3) is 0.222. The molecule has 0 bridgehead atoms. The Kier molecular flexibility index (Phi) is 6.01. The van der Waals surface area contributed by atoms with Crippen molar-refractivity contribution in [2.24, 2.45) is 0 Å². The molecule has 6 rings (SSSR count). The Balaban J connectivity index is 1.71. The average molecular weight is 624 g/mol. The quantitative estimate of drug-likeness (QED) is 0.168. The lowest BCUT2D eigenvalue weighted by Crippen LogP contribution is -2.12. The largest absolute Gasteiger partial charge is 0.0610 e. The van der Waals surface area contributed by atoms with Crippen molar-refractivity contribution in [3.05, 3.63) is 105 Å². The van der Waals surface area contributed by atoms with Crippen LogP contribution < -0.4 is 0 Å². The Morgan fingerprint density at radius 1 is 0.474 bits per heavy atom. The third kappa shape index (κ3) is 4.46. The van der Waals surface area contributed by atoms with E-state index in [-0.39, 0.29) is 10.8 Å². The molecule has 6 aromatic rings. The van der Waals surface area contributed by atoms with Crippen LogP contribution in [0.15, 0.2) is 93.9 Å². The summed E-state index contributed by atoms with van der Waals surface area (Å²) in [6.45, 7) is 13.8. The third-order valence-electron chi connectivity index (χ3n) is 7.75. The van der Waals surface area contributed by atoms with Crippen LogP contribution in [0.25, 0.3) is 54.6 Å². The van der Waals surface area contributed by atoms with Gasteiger partial charge in [-0.3, -0.25) is 0 Å². The number of benzene rings is 6. The second-order valence-corrected chi connectivity index (χ2v) is 14.5. The zero-order valence-corrected chi connectivity index (χ0v) is 26.0. The smallest absolute Gasteiger partial charge is 0.0192 e. The lowest BCUT2D eigenvalue weighted by Gasteiger charge is -2.25. The molecular formula is C36H32Br2. The first kappa shape index (κ1) is 25.6. The van der Waals surface area contributed by atoms with E-state index in [1.807, 2.05) is 0 Å². The predicted molar refractivity (Wildman–Crippen MR) is 174 cm³/mol. The zero-order chi connectivity index (χ0) is 27.0. The molecule has 0 aliphatic carbocycles. The van der Waals surface area contributed by atoms with Gasteiger partial charge in [-0.1, -0.05) is 122 Å². The van der Waals surface area contributed by atoms with Crippen LogP contribution in [0.3, 0.4) is 0 Å². The summed E-state index contributed by atoms with van der Waals surface area (Å²) in [5, 5.41) is 8.05. The van der Waals surface area contributed by atoms with Gasteiger partial charge in [0.25, 0.3) is 0 Å². The summed E-state index contributed by atoms with van der Waals surface area (Å²) in [6.07, 6.45) is 0. The van der Waals surface area contributed by atoms with E-state index >= 15 is 0 Å². The molecule has 0 spiro atoms. The van der Waals surface area contributed by atoms with Gasteiger partial charge >= 0.3 is 0 Å². The SMILES string of the molecule is CC(C)(C)c1cc2ccc3cc(C(C)(C)C)cc4c(-c5cccc(-c6cc(Br)cc(Br)c6)c5)cc(c1)c2c34. The molecule has 0 saturated carbocycles. The summed E-state index contributed by atoms with van der Waals surface area (Å²) >= 11 is 7.33. The summed E-state index contributed by atoms with van der Waals surface area (Å²) in [5.74, 6) is 0. The van der Waals surface area contributed by atoms with Crippen LogP contribution in [0.5, 0.6) is 0 Å². The van der Waals surface area contributed by atoms with Crippen LogP contribution in [0.4, 0.5) is 0 Å². The molecule has 0 aliphatic heterocycles. The van der Waals surface area contributed by atoms with E-state index in [2.05, 4.69) is 158 Å². The van der Waals surface area contributed by atoms with E-state index in [9.17, 15) is 0 Å². The minimum absolute atomic E-state index is 0.0611. The maximum atomic E-state index is 3.67. The Labute approximate surface area is 242 Å². The lowest BCUT2D eigenvalue weighted by molar-refractivity contribution is 0.591. The maximum absolute atomic E-state index is 3.67. The molecule has 0 amide bonds. The van der Waals surface area contributed by atoms with Gasteiger partial charge < -0.3 is 0 Å². The second-order valence-electron chi connectivity index (χ2n) is 12.6. The van der Waals surface area contributed by atoms with Crippen molar-refractivity contribution in [3.63, 3.8) is 0 Å². The third-order valence-corrected chi connectivity index (χ3v) is 8.67. The lowest BCUT2D eigenvalue weighted by atomic mass is 9.79. The monoisotopic (exact) mass is 622 g/mol. The molecule has 0 N–H and O–H groups in total. The number of hydrogen-bond donors (Lipinski definition) is 0. The Bertz CT molecular complexity index is 1820. The first-order valence-electron chi connectivity index (χ1n) is 13.2. The van der Waals surface area contributed by atoms with E-state index in [4.69, 9.17) is 0 Å². The van der Waals surface area contributed by atoms with E-state index in [1.54, 1.807) is 0 Å². The van der Waals surface area contributed by atoms with Gasteiger partial charge in [-0.15, -0.1) is 0 Å². The van der Waals surface area contributed by atoms with Gasteiger partial charge in [0.05, 0.1) is 0 Å². The zero-order valence-electron chi connectivity index (χ0n) is 22.8. The fourth-order valence-corrected chi connectivity index (χ4v) is 6.91. The molecule has 0 fully saturated rings. The number of rotatable bonds is 2. The molecule has 0 nitrogen and oxygen atoms in total. The van der Waals surface area contributed by atoms with Gasteiger partial charge in [0.15, 0.2) is 0 Å². The topological polar surface area (TPSA) is 0 Å². The van der Waals surface area contributed by atoms with Crippen LogP contribution in [0.2, 0.25) is 0 Å². The van der Waals surface area contributed by atoms with Crippen LogP contribution in [0, 0.1) is 0 Å². The molecular weight excluding hydrogens is 592 g/mol. The van der Waals surface area contributed by atoms with Crippen molar-refractivity contribution in [1.29, 1.82) is 0 Å². The standard InChI is InChI=1S/C36H32Br2/c1-35(2,3)27-13-23-10-11-24-14-28(36(4,5)6)19-32-31(18-26(15-27)33(23)34(24)32)22-9-7-8-21(12-22)25-16-29(37)20-30(38)17-25/h7-20H,1-6H3. The molecule has 0 aromatic heterocycles. The van der Waals surface area contributed by atoms with Crippen LogP contribution in [-0.2, 0) is 10.8 Å². The van der Waals surface area contributed by atoms with Gasteiger partial charge in [-0.05, 0) is 113 Å². The van der Waals surface area contributed by atoms with Crippen LogP contribution in [0.1, 0.15) is 52.7 Å². The van der Waals surface area contributed by atoms with E-state index < -0.39 is 0 Å². The molecule has 2 heteroatoms. The molecule has 0 saturated heterocycles. The Hall–Kier alpha value is -2.68. The molecule has 190 valence electrons. The summed E-state index contributed by atoms with van der Waals surface area (Å²) < 4.78 is 2.14. The van der Waals surface area contributed by atoms with E-state index in [0.29, 0.717) is 0 Å². The maximum Gasteiger partial charge on any atom is 0.0192 e. The molecule has 0 unspecified atom stereocenters. The fourth-order valence-electron chi connectivity index (χ4n) is 5.61. The highest BCUT2D eigenvalue weighted by Crippen LogP contribution is 2.44. The molecule has 0 heterocycles. The van der Waals surface area contributed by atoms with E-state index in [1.165, 1.54) is 65.7 Å². The molecule has 6 aromatic carbocycles. The second kappa shape index (κ2) is 8.93. The Morgan fingerprint density at radius 3 is 1.66 bits per heavy atom. The van der Waals surface area contributed by atoms with Crippen LogP contribution in [-0.4, -0.2) is 0 Å². The average Bonchev–Trinajstić information content (AvgIpc) is 2.85. The van der Waals surface area contributed by atoms with Gasteiger partial charge in [-0.25, -0.2) is 0 Å². The first-order chi connectivity index (χ1) is 17.9. The first-order valence-corrected chi connectivity index (χ1v) is 14.8. The molecule has 0 atom stereocenters. The number of halogens is 2. The van der Waals surface area contributed by atoms with Crippen LogP contribution >= 0.6 is 31.9 Å². The molecule has 0 aliphatic rings. The summed E-state index contributed by atoms with van der Waals surface area (Å²) in [4.78, 5) is 0. The number of hydrogen-bond acceptors (Lipinski definition) is 0. The van der Waals surface area contributed by atoms with Crippen molar-refractivity contribution in [2.75, 3.05) is 0 Å². The van der Waals surface area contributed by atoms with Crippen molar-refractivity contribution >= 4 is 64.2 Å². The van der Waals surface area contributed by atoms with Crippen molar-refractivity contribution in [3.8, 4) is 22.3 Å². The predicted octanol–water partition coefficient (Wildman–Crippen LogP) is 12.0. The minimum Gasteiger partial charge on any atom is -0.0610 e. The minimum atomic E-state index is 0.0611. The van der Waals surface area contributed by atoms with Gasteiger partial charge in [-0.2, -0.15) is 0 Å². The van der Waals surface area contributed by atoms with Gasteiger partial charge in [0.1, 0.15) is 0 Å². The highest BCUT2D eigenvalue weighted by molar-refractivity contribution is 9.11. The van der Waals surface area contributed by atoms with Crippen molar-refractivity contribution < 1.29 is 0 Å².